The Morgan fingerprint density at radius 1 is 1.55 bits per heavy atom. The fourth-order valence-electron chi connectivity index (χ4n) is 2.63. The van der Waals surface area contributed by atoms with Crippen molar-refractivity contribution >= 4 is 23.2 Å². The average Bonchev–Trinajstić information content (AvgIpc) is 3.11. The zero-order chi connectivity index (χ0) is 14.1. The maximum atomic E-state index is 12.6. The molecule has 1 unspecified atom stereocenters. The number of aromatic nitrogens is 2. The monoisotopic (exact) mass is 291 g/mol. The van der Waals surface area contributed by atoms with Gasteiger partial charge in [-0.3, -0.25) is 9.20 Å². The van der Waals surface area contributed by atoms with E-state index in [4.69, 9.17) is 0 Å². The third-order valence-electron chi connectivity index (χ3n) is 3.73. The number of amides is 1. The second-order valence-electron chi connectivity index (χ2n) is 4.99. The SMILES string of the molecule is CSc1nc(C(=O)N2CCC(CO)C2)c2ccccn12. The van der Waals surface area contributed by atoms with E-state index in [1.165, 1.54) is 11.8 Å². The van der Waals surface area contributed by atoms with Gasteiger partial charge in [0.15, 0.2) is 10.9 Å². The summed E-state index contributed by atoms with van der Waals surface area (Å²) in [6.07, 6.45) is 4.74. The number of pyridine rings is 1. The fourth-order valence-corrected chi connectivity index (χ4v) is 3.17. The number of nitrogens with zero attached hydrogens (tertiary/aromatic N) is 3. The Morgan fingerprint density at radius 3 is 3.10 bits per heavy atom. The maximum absolute atomic E-state index is 12.6. The number of carbonyl (C=O) groups excluding carboxylic acids is 1. The molecule has 0 radical (unpaired) electrons. The molecule has 1 saturated heterocycles. The summed E-state index contributed by atoms with van der Waals surface area (Å²) in [4.78, 5) is 18.9. The van der Waals surface area contributed by atoms with Crippen LogP contribution in [-0.2, 0) is 0 Å². The summed E-state index contributed by atoms with van der Waals surface area (Å²) in [5.74, 6) is 0.165. The quantitative estimate of drug-likeness (QED) is 0.871. The number of rotatable bonds is 3. The highest BCUT2D eigenvalue weighted by Gasteiger charge is 2.29. The highest BCUT2D eigenvalue weighted by molar-refractivity contribution is 7.98. The molecule has 20 heavy (non-hydrogen) atoms. The summed E-state index contributed by atoms with van der Waals surface area (Å²) in [6, 6.07) is 5.76. The van der Waals surface area contributed by atoms with Gasteiger partial charge in [-0.25, -0.2) is 4.98 Å². The minimum absolute atomic E-state index is 0.0371. The van der Waals surface area contributed by atoms with Crippen molar-refractivity contribution in [2.45, 2.75) is 11.6 Å². The zero-order valence-electron chi connectivity index (χ0n) is 11.3. The van der Waals surface area contributed by atoms with Crippen molar-refractivity contribution in [1.29, 1.82) is 0 Å². The summed E-state index contributed by atoms with van der Waals surface area (Å²) in [5.41, 5.74) is 1.35. The first kappa shape index (κ1) is 13.5. The van der Waals surface area contributed by atoms with Crippen molar-refractivity contribution in [3.8, 4) is 0 Å². The van der Waals surface area contributed by atoms with Crippen molar-refractivity contribution in [3.63, 3.8) is 0 Å². The van der Waals surface area contributed by atoms with Crippen LogP contribution in [0.15, 0.2) is 29.6 Å². The lowest BCUT2D eigenvalue weighted by Gasteiger charge is -2.14. The van der Waals surface area contributed by atoms with Crippen LogP contribution in [0, 0.1) is 5.92 Å². The topological polar surface area (TPSA) is 57.8 Å². The van der Waals surface area contributed by atoms with Crippen LogP contribution >= 0.6 is 11.8 Å². The molecule has 5 nitrogen and oxygen atoms in total. The second-order valence-corrected chi connectivity index (χ2v) is 5.76. The second kappa shape index (κ2) is 5.46. The third-order valence-corrected chi connectivity index (χ3v) is 4.39. The van der Waals surface area contributed by atoms with E-state index in [1.54, 1.807) is 4.90 Å². The van der Waals surface area contributed by atoms with Gasteiger partial charge in [0.2, 0.25) is 0 Å². The molecule has 2 aromatic rings. The molecule has 1 amide bonds. The predicted molar refractivity (Wildman–Crippen MR) is 78.1 cm³/mol. The van der Waals surface area contributed by atoms with Crippen LogP contribution in [0.4, 0.5) is 0 Å². The summed E-state index contributed by atoms with van der Waals surface area (Å²) < 4.78 is 1.94. The largest absolute Gasteiger partial charge is 0.396 e. The van der Waals surface area contributed by atoms with Crippen molar-refractivity contribution in [1.82, 2.24) is 14.3 Å². The number of carbonyl (C=O) groups is 1. The van der Waals surface area contributed by atoms with Gasteiger partial charge in [0, 0.05) is 31.8 Å². The number of hydrogen-bond acceptors (Lipinski definition) is 4. The maximum Gasteiger partial charge on any atom is 0.274 e. The van der Waals surface area contributed by atoms with Gasteiger partial charge >= 0.3 is 0 Å². The van der Waals surface area contributed by atoms with Crippen molar-refractivity contribution in [2.75, 3.05) is 26.0 Å². The van der Waals surface area contributed by atoms with Gasteiger partial charge in [-0.2, -0.15) is 0 Å². The van der Waals surface area contributed by atoms with Crippen molar-refractivity contribution in [2.24, 2.45) is 5.92 Å². The lowest BCUT2D eigenvalue weighted by molar-refractivity contribution is 0.0778. The van der Waals surface area contributed by atoms with Gasteiger partial charge in [-0.05, 0) is 24.8 Å². The zero-order valence-corrected chi connectivity index (χ0v) is 12.1. The van der Waals surface area contributed by atoms with Crippen LogP contribution < -0.4 is 0 Å². The number of imidazole rings is 1. The molecule has 0 spiro atoms. The van der Waals surface area contributed by atoms with Crippen LogP contribution in [0.5, 0.6) is 0 Å². The van der Waals surface area contributed by atoms with Crippen molar-refractivity contribution in [3.05, 3.63) is 30.1 Å². The van der Waals surface area contributed by atoms with E-state index in [0.29, 0.717) is 18.8 Å². The van der Waals surface area contributed by atoms with Gasteiger partial charge in [-0.1, -0.05) is 17.8 Å². The summed E-state index contributed by atoms with van der Waals surface area (Å²) in [6.45, 7) is 1.46. The molecule has 1 fully saturated rings. The Balaban J connectivity index is 1.96. The Hall–Kier alpha value is -1.53. The highest BCUT2D eigenvalue weighted by Crippen LogP contribution is 2.23. The molecule has 0 aliphatic carbocycles. The fraction of sp³-hybridized carbons (Fsp3) is 0.429. The minimum Gasteiger partial charge on any atom is -0.396 e. The van der Waals surface area contributed by atoms with Gasteiger partial charge in [-0.15, -0.1) is 0 Å². The molecule has 1 N–H and O–H groups in total. The normalized spacial score (nSPS) is 18.9. The molecule has 3 rings (SSSR count). The number of fused-ring (bicyclic) bond motifs is 1. The standard InChI is InChI=1S/C14H17N3O2S/c1-20-14-15-12(11-4-2-3-6-17(11)14)13(19)16-7-5-10(8-16)9-18/h2-4,6,10,18H,5,7-9H2,1H3. The van der Waals surface area contributed by atoms with Crippen LogP contribution in [0.1, 0.15) is 16.9 Å². The Kier molecular flexibility index (Phi) is 3.67. The molecule has 0 saturated carbocycles. The first-order valence-electron chi connectivity index (χ1n) is 6.65. The molecule has 0 bridgehead atoms. The molecule has 1 aliphatic rings. The lowest BCUT2D eigenvalue weighted by Crippen LogP contribution is -2.29. The van der Waals surface area contributed by atoms with Crippen LogP contribution in [0.2, 0.25) is 0 Å². The minimum atomic E-state index is -0.0371. The first-order valence-corrected chi connectivity index (χ1v) is 7.88. The lowest BCUT2D eigenvalue weighted by atomic mass is 10.1. The number of hydrogen-bond donors (Lipinski definition) is 1. The summed E-state index contributed by atoms with van der Waals surface area (Å²) in [7, 11) is 0. The number of aliphatic hydroxyl groups excluding tert-OH is 1. The number of thioether (sulfide) groups is 1. The summed E-state index contributed by atoms with van der Waals surface area (Å²) >= 11 is 1.53. The van der Waals surface area contributed by atoms with Gasteiger partial charge in [0.25, 0.3) is 5.91 Å². The van der Waals surface area contributed by atoms with Crippen LogP contribution in [-0.4, -0.2) is 51.3 Å². The molecule has 6 heteroatoms. The molecule has 3 heterocycles. The molecular weight excluding hydrogens is 274 g/mol. The Morgan fingerprint density at radius 2 is 2.40 bits per heavy atom. The van der Waals surface area contributed by atoms with E-state index in [9.17, 15) is 9.90 Å². The van der Waals surface area contributed by atoms with Crippen LogP contribution in [0.3, 0.4) is 0 Å². The molecule has 1 aliphatic heterocycles. The van der Waals surface area contributed by atoms with E-state index < -0.39 is 0 Å². The first-order chi connectivity index (χ1) is 9.74. The molecule has 2 aromatic heterocycles. The van der Waals surface area contributed by atoms with Gasteiger partial charge < -0.3 is 10.0 Å². The third kappa shape index (κ3) is 2.19. The van der Waals surface area contributed by atoms with E-state index in [0.717, 1.165) is 17.1 Å². The van der Waals surface area contributed by atoms with Gasteiger partial charge in [0.05, 0.1) is 5.52 Å². The van der Waals surface area contributed by atoms with Crippen molar-refractivity contribution < 1.29 is 9.90 Å². The van der Waals surface area contributed by atoms with Gasteiger partial charge in [0.1, 0.15) is 0 Å². The van der Waals surface area contributed by atoms with Crippen LogP contribution in [0.25, 0.3) is 5.52 Å². The highest BCUT2D eigenvalue weighted by atomic mass is 32.2. The number of aliphatic hydroxyl groups is 1. The average molecular weight is 291 g/mol. The molecule has 0 aromatic carbocycles. The van der Waals surface area contributed by atoms with E-state index >= 15 is 0 Å². The van der Waals surface area contributed by atoms with E-state index in [2.05, 4.69) is 4.98 Å². The summed E-state index contributed by atoms with van der Waals surface area (Å²) in [5, 5.41) is 10.0. The predicted octanol–water partition coefficient (Wildman–Crippen LogP) is 1.51. The molecule has 1 atom stereocenters. The van der Waals surface area contributed by atoms with E-state index in [1.807, 2.05) is 35.1 Å². The van der Waals surface area contributed by atoms with E-state index in [-0.39, 0.29) is 18.4 Å². The Bertz CT molecular complexity index is 640. The number of likely N-dealkylation sites (tertiary alicyclic amines) is 1. The molecule has 106 valence electrons. The molecular formula is C14H17N3O2S. The Labute approximate surface area is 121 Å². The smallest absolute Gasteiger partial charge is 0.274 e.